The molecule has 1 aromatic heterocycles. The fourth-order valence-electron chi connectivity index (χ4n) is 2.69. The summed E-state index contributed by atoms with van der Waals surface area (Å²) in [6.07, 6.45) is 3.74. The maximum atomic E-state index is 13.0. The molecule has 0 spiro atoms. The molecule has 9 heteroatoms. The molecule has 0 bridgehead atoms. The molecular formula is C14H26N4O3S2. The molecule has 1 aliphatic rings. The average Bonchev–Trinajstić information content (AvgIpc) is 3.08. The number of unbranched alkanes of at least 4 members (excludes halogenated alkanes) is 3. The lowest BCUT2D eigenvalue weighted by Gasteiger charge is -2.37. The molecule has 0 aromatic carbocycles. The number of hydroxylamine groups is 2. The molecule has 0 aliphatic carbocycles. The zero-order valence-corrected chi connectivity index (χ0v) is 15.6. The van der Waals surface area contributed by atoms with Gasteiger partial charge in [-0.25, -0.2) is 4.90 Å². The van der Waals surface area contributed by atoms with Crippen LogP contribution in [0.4, 0.5) is 5.13 Å². The maximum Gasteiger partial charge on any atom is 0.310 e. The largest absolute Gasteiger partial charge is 0.623 e. The minimum Gasteiger partial charge on any atom is -0.623 e. The highest BCUT2D eigenvalue weighted by Gasteiger charge is 2.48. The predicted octanol–water partition coefficient (Wildman–Crippen LogP) is 2.25. The predicted molar refractivity (Wildman–Crippen MR) is 94.2 cm³/mol. The van der Waals surface area contributed by atoms with E-state index in [9.17, 15) is 10.3 Å². The lowest BCUT2D eigenvalue weighted by Crippen LogP contribution is -2.51. The van der Waals surface area contributed by atoms with E-state index in [0.29, 0.717) is 11.7 Å². The molecule has 1 saturated heterocycles. The molecule has 0 amide bonds. The topological polar surface area (TPSA) is 81.5 Å². The lowest BCUT2D eigenvalue weighted by molar-refractivity contribution is 0.0228. The van der Waals surface area contributed by atoms with Gasteiger partial charge in [0.15, 0.2) is 4.34 Å². The smallest absolute Gasteiger partial charge is 0.310 e. The van der Waals surface area contributed by atoms with Crippen molar-refractivity contribution in [1.82, 2.24) is 19.7 Å². The van der Waals surface area contributed by atoms with Crippen LogP contribution < -0.4 is 4.65 Å². The SMILES string of the molecule is CCCCCCSc1nnc([N+]2([O-])CN(C)C(COC)C2O)s1. The van der Waals surface area contributed by atoms with Gasteiger partial charge >= 0.3 is 5.13 Å². The molecule has 1 fully saturated rings. The molecule has 3 atom stereocenters. The molecule has 1 aromatic rings. The Labute approximate surface area is 145 Å². The van der Waals surface area contributed by atoms with Gasteiger partial charge < -0.3 is 15.1 Å². The summed E-state index contributed by atoms with van der Waals surface area (Å²) in [7, 11) is 3.38. The van der Waals surface area contributed by atoms with Gasteiger partial charge in [-0.15, -0.1) is 5.10 Å². The monoisotopic (exact) mass is 362 g/mol. The Bertz CT molecular complexity index is 490. The fourth-order valence-corrected chi connectivity index (χ4v) is 4.66. The van der Waals surface area contributed by atoms with Gasteiger partial charge in [-0.1, -0.05) is 43.0 Å². The van der Waals surface area contributed by atoms with Gasteiger partial charge in [0.2, 0.25) is 6.23 Å². The highest BCUT2D eigenvalue weighted by Crippen LogP contribution is 2.37. The van der Waals surface area contributed by atoms with Crippen molar-refractivity contribution in [3.8, 4) is 0 Å². The highest BCUT2D eigenvalue weighted by atomic mass is 32.2. The molecule has 7 nitrogen and oxygen atoms in total. The maximum absolute atomic E-state index is 13.0. The Morgan fingerprint density at radius 1 is 1.43 bits per heavy atom. The molecule has 132 valence electrons. The molecule has 0 saturated carbocycles. The second kappa shape index (κ2) is 8.70. The van der Waals surface area contributed by atoms with E-state index in [1.54, 1.807) is 18.9 Å². The molecule has 2 heterocycles. The number of aliphatic hydroxyl groups excluding tert-OH is 1. The molecule has 1 N–H and O–H groups in total. The Morgan fingerprint density at radius 3 is 2.91 bits per heavy atom. The number of hydrogen-bond donors (Lipinski definition) is 1. The van der Waals surface area contributed by atoms with E-state index < -0.39 is 10.9 Å². The standard InChI is InChI=1S/C14H26N4O3S2/c1-4-5-6-7-8-22-14-16-15-13(23-14)18(20)10-17(2)11(9-21-3)12(18)19/h11-12,19H,4-10H2,1-3H3. The van der Waals surface area contributed by atoms with E-state index in [1.165, 1.54) is 30.6 Å². The average molecular weight is 363 g/mol. The quantitative estimate of drug-likeness (QED) is 0.312. The molecule has 0 radical (unpaired) electrons. The van der Waals surface area contributed by atoms with E-state index in [0.717, 1.165) is 16.5 Å². The zero-order chi connectivity index (χ0) is 16.9. The van der Waals surface area contributed by atoms with Crippen molar-refractivity contribution in [2.45, 2.75) is 49.2 Å². The van der Waals surface area contributed by atoms with Crippen molar-refractivity contribution in [3.05, 3.63) is 5.21 Å². The van der Waals surface area contributed by atoms with E-state index in [-0.39, 0.29) is 12.7 Å². The number of quaternary nitrogens is 1. The van der Waals surface area contributed by atoms with Gasteiger partial charge in [0.1, 0.15) is 12.7 Å². The highest BCUT2D eigenvalue weighted by molar-refractivity contribution is 8.01. The Kier molecular flexibility index (Phi) is 7.20. The van der Waals surface area contributed by atoms with Crippen molar-refractivity contribution >= 4 is 28.2 Å². The number of thioether (sulfide) groups is 1. The molecular weight excluding hydrogens is 336 g/mol. The van der Waals surface area contributed by atoms with Crippen molar-refractivity contribution in [3.63, 3.8) is 0 Å². The van der Waals surface area contributed by atoms with Gasteiger partial charge in [-0.2, -0.15) is 0 Å². The lowest BCUT2D eigenvalue weighted by atomic mass is 10.2. The summed E-state index contributed by atoms with van der Waals surface area (Å²) < 4.78 is 5.04. The first kappa shape index (κ1) is 19.0. The van der Waals surface area contributed by atoms with Crippen molar-refractivity contribution < 1.29 is 9.84 Å². The molecule has 2 rings (SSSR count). The van der Waals surface area contributed by atoms with Crippen LogP contribution in [0.5, 0.6) is 0 Å². The first-order chi connectivity index (χ1) is 11.0. The number of likely N-dealkylation sites (N-methyl/N-ethyl adjacent to an activating group) is 1. The summed E-state index contributed by atoms with van der Waals surface area (Å²) in [5.74, 6) is 0.988. The number of ether oxygens (including phenoxy) is 1. The minimum atomic E-state index is -1.10. The summed E-state index contributed by atoms with van der Waals surface area (Å²) in [5.41, 5.74) is 0. The van der Waals surface area contributed by atoms with Gasteiger partial charge in [0, 0.05) is 12.9 Å². The number of methoxy groups -OCH3 is 1. The number of aromatic nitrogens is 2. The summed E-state index contributed by atoms with van der Waals surface area (Å²) in [5, 5.41) is 31.9. The van der Waals surface area contributed by atoms with Crippen LogP contribution in [0.2, 0.25) is 0 Å². The number of nitrogens with zero attached hydrogens (tertiary/aromatic N) is 4. The van der Waals surface area contributed by atoms with Crippen molar-refractivity contribution in [2.75, 3.05) is 33.2 Å². The van der Waals surface area contributed by atoms with Gasteiger partial charge in [0.25, 0.3) is 0 Å². The molecule has 3 unspecified atom stereocenters. The Hall–Kier alpha value is -0.290. The first-order valence-corrected chi connectivity index (χ1v) is 9.76. The van der Waals surface area contributed by atoms with Crippen LogP contribution in [0.3, 0.4) is 0 Å². The van der Waals surface area contributed by atoms with Crippen LogP contribution in [0.1, 0.15) is 32.6 Å². The van der Waals surface area contributed by atoms with Gasteiger partial charge in [-0.3, -0.25) is 4.65 Å². The Balaban J connectivity index is 1.96. The van der Waals surface area contributed by atoms with Gasteiger partial charge in [0.05, 0.1) is 6.61 Å². The third-order valence-electron chi connectivity index (χ3n) is 4.05. The van der Waals surface area contributed by atoms with Crippen LogP contribution in [0, 0.1) is 5.21 Å². The third-order valence-corrected chi connectivity index (χ3v) is 6.31. The number of rotatable bonds is 9. The van der Waals surface area contributed by atoms with Crippen LogP contribution >= 0.6 is 23.1 Å². The summed E-state index contributed by atoms with van der Waals surface area (Å²) in [6, 6.07) is -0.327. The summed E-state index contributed by atoms with van der Waals surface area (Å²) >= 11 is 2.93. The van der Waals surface area contributed by atoms with Crippen LogP contribution in [0.25, 0.3) is 0 Å². The summed E-state index contributed by atoms with van der Waals surface area (Å²) in [4.78, 5) is 1.82. The molecule has 1 aliphatic heterocycles. The van der Waals surface area contributed by atoms with Crippen LogP contribution in [0.15, 0.2) is 4.34 Å². The zero-order valence-electron chi connectivity index (χ0n) is 14.0. The second-order valence-corrected chi connectivity index (χ2v) is 8.19. The fraction of sp³-hybridized carbons (Fsp3) is 0.857. The van der Waals surface area contributed by atoms with Crippen LogP contribution in [-0.4, -0.2) is 65.7 Å². The van der Waals surface area contributed by atoms with Gasteiger partial charge in [-0.05, 0) is 24.8 Å². The van der Waals surface area contributed by atoms with E-state index in [4.69, 9.17) is 4.74 Å². The Morgan fingerprint density at radius 2 is 2.22 bits per heavy atom. The number of aliphatic hydroxyl groups is 1. The first-order valence-electron chi connectivity index (χ1n) is 7.95. The minimum absolute atomic E-state index is 0.158. The number of hydrogen-bond acceptors (Lipinski definition) is 8. The third kappa shape index (κ3) is 4.41. The van der Waals surface area contributed by atoms with Crippen molar-refractivity contribution in [1.29, 1.82) is 0 Å². The normalized spacial score (nSPS) is 28.6. The molecule has 23 heavy (non-hydrogen) atoms. The van der Waals surface area contributed by atoms with E-state index >= 15 is 0 Å². The summed E-state index contributed by atoms with van der Waals surface area (Å²) in [6.45, 7) is 2.67. The van der Waals surface area contributed by atoms with E-state index in [2.05, 4.69) is 17.1 Å². The van der Waals surface area contributed by atoms with E-state index in [1.807, 2.05) is 11.9 Å². The second-order valence-electron chi connectivity index (χ2n) is 5.89. The van der Waals surface area contributed by atoms with Crippen molar-refractivity contribution in [2.24, 2.45) is 0 Å². The van der Waals surface area contributed by atoms with Crippen LogP contribution in [-0.2, 0) is 4.74 Å².